The molecule has 31 heavy (non-hydrogen) atoms. The summed E-state index contributed by atoms with van der Waals surface area (Å²) < 4.78 is 6.23. The van der Waals surface area contributed by atoms with E-state index in [1.54, 1.807) is 7.11 Å². The van der Waals surface area contributed by atoms with E-state index < -0.39 is 0 Å². The highest BCUT2D eigenvalue weighted by Gasteiger charge is 2.20. The molecule has 4 rings (SSSR count). The molecular weight excluding hydrogens is 456 g/mol. The van der Waals surface area contributed by atoms with Gasteiger partial charge in [-0.05, 0) is 48.9 Å². The van der Waals surface area contributed by atoms with Crippen molar-refractivity contribution in [2.45, 2.75) is 19.8 Å². The highest BCUT2D eigenvalue weighted by molar-refractivity contribution is 9.10. The van der Waals surface area contributed by atoms with Crippen molar-refractivity contribution in [3.63, 3.8) is 0 Å². The molecule has 2 aromatic carbocycles. The van der Waals surface area contributed by atoms with Crippen LogP contribution < -0.4 is 10.1 Å². The van der Waals surface area contributed by atoms with Crippen LogP contribution in [0.25, 0.3) is 33.5 Å². The van der Waals surface area contributed by atoms with E-state index in [1.807, 2.05) is 54.6 Å². The summed E-state index contributed by atoms with van der Waals surface area (Å²) in [5, 5.41) is 11.3. The van der Waals surface area contributed by atoms with Gasteiger partial charge in [-0.25, -0.2) is 4.98 Å². The van der Waals surface area contributed by atoms with Crippen molar-refractivity contribution in [1.82, 2.24) is 20.5 Å². The molecular formula is C24H23BrN4O2. The number of aromatic nitrogens is 3. The molecule has 0 radical (unpaired) electrons. The number of hydrogen-bond acceptors (Lipinski definition) is 4. The minimum absolute atomic E-state index is 0.129. The zero-order chi connectivity index (χ0) is 21.8. The first-order valence-electron chi connectivity index (χ1n) is 10.2. The number of carbonyl (C=O) groups excluding carboxylic acids is 1. The number of amides is 1. The van der Waals surface area contributed by atoms with Gasteiger partial charge in [0.05, 0.1) is 29.4 Å². The lowest BCUT2D eigenvalue weighted by atomic mass is 10.0. The van der Waals surface area contributed by atoms with Crippen molar-refractivity contribution in [2.24, 2.45) is 0 Å². The molecule has 7 heteroatoms. The number of hydrogen-bond donors (Lipinski definition) is 2. The van der Waals surface area contributed by atoms with Gasteiger partial charge in [-0.1, -0.05) is 41.4 Å². The predicted molar refractivity (Wildman–Crippen MR) is 126 cm³/mol. The topological polar surface area (TPSA) is 79.9 Å². The molecule has 0 fully saturated rings. The van der Waals surface area contributed by atoms with Gasteiger partial charge in [0.1, 0.15) is 5.75 Å². The normalized spacial score (nSPS) is 10.9. The molecule has 1 amide bonds. The van der Waals surface area contributed by atoms with E-state index in [1.165, 1.54) is 0 Å². The summed E-state index contributed by atoms with van der Waals surface area (Å²) >= 11 is 3.47. The second kappa shape index (κ2) is 9.31. The monoisotopic (exact) mass is 478 g/mol. The fraction of sp³-hybridized carbons (Fsp3) is 0.208. The van der Waals surface area contributed by atoms with Gasteiger partial charge in [-0.15, -0.1) is 0 Å². The van der Waals surface area contributed by atoms with Crippen LogP contribution in [0, 0.1) is 0 Å². The lowest BCUT2D eigenvalue weighted by molar-refractivity contribution is 0.0955. The quantitative estimate of drug-likeness (QED) is 0.339. The van der Waals surface area contributed by atoms with Crippen LogP contribution in [0.5, 0.6) is 5.75 Å². The van der Waals surface area contributed by atoms with Gasteiger partial charge >= 0.3 is 0 Å². The van der Waals surface area contributed by atoms with Crippen LogP contribution in [0.3, 0.4) is 0 Å². The molecule has 158 valence electrons. The Hall–Kier alpha value is -3.19. The van der Waals surface area contributed by atoms with Crippen LogP contribution in [-0.4, -0.2) is 34.7 Å². The third-order valence-corrected chi connectivity index (χ3v) is 5.63. The molecule has 0 aliphatic carbocycles. The Morgan fingerprint density at radius 1 is 1.10 bits per heavy atom. The fourth-order valence-corrected chi connectivity index (χ4v) is 3.68. The molecule has 0 aliphatic heterocycles. The van der Waals surface area contributed by atoms with E-state index in [0.29, 0.717) is 28.8 Å². The maximum atomic E-state index is 13.1. The van der Waals surface area contributed by atoms with Crippen LogP contribution in [0.4, 0.5) is 0 Å². The van der Waals surface area contributed by atoms with Crippen LogP contribution in [0.2, 0.25) is 0 Å². The number of ether oxygens (including phenoxy) is 1. The number of H-pyrrole nitrogens is 1. The number of benzene rings is 2. The molecule has 2 aromatic heterocycles. The highest BCUT2D eigenvalue weighted by atomic mass is 79.9. The summed E-state index contributed by atoms with van der Waals surface area (Å²) in [6, 6.07) is 17.3. The maximum absolute atomic E-state index is 13.1. The van der Waals surface area contributed by atoms with E-state index >= 15 is 0 Å². The smallest absolute Gasteiger partial charge is 0.252 e. The van der Waals surface area contributed by atoms with Gasteiger partial charge in [0.2, 0.25) is 0 Å². The Balaban J connectivity index is 1.85. The minimum atomic E-state index is -0.129. The van der Waals surface area contributed by atoms with E-state index in [-0.39, 0.29) is 5.91 Å². The van der Waals surface area contributed by atoms with Crippen molar-refractivity contribution < 1.29 is 9.53 Å². The van der Waals surface area contributed by atoms with E-state index in [2.05, 4.69) is 38.4 Å². The number of pyridine rings is 1. The van der Waals surface area contributed by atoms with Gasteiger partial charge < -0.3 is 10.1 Å². The SMILES string of the molecule is CCCCNC(=O)c1cc(-c2ccc(OC)cc2)nc2n[nH]c(-c3ccc(Br)cc3)c12. The van der Waals surface area contributed by atoms with Gasteiger partial charge in [0.15, 0.2) is 5.65 Å². The third kappa shape index (κ3) is 4.46. The van der Waals surface area contributed by atoms with Crippen molar-refractivity contribution in [3.8, 4) is 28.3 Å². The second-order valence-electron chi connectivity index (χ2n) is 7.20. The molecule has 0 unspecified atom stereocenters. The number of fused-ring (bicyclic) bond motifs is 1. The summed E-state index contributed by atoms with van der Waals surface area (Å²) in [5.41, 5.74) is 4.35. The van der Waals surface area contributed by atoms with E-state index in [0.717, 1.165) is 39.9 Å². The van der Waals surface area contributed by atoms with Gasteiger partial charge in [-0.3, -0.25) is 9.89 Å². The summed E-state index contributed by atoms with van der Waals surface area (Å²) in [6.45, 7) is 2.72. The molecule has 0 spiro atoms. The first kappa shape index (κ1) is 21.1. The summed E-state index contributed by atoms with van der Waals surface area (Å²) in [5.74, 6) is 0.634. The molecule has 2 heterocycles. The van der Waals surface area contributed by atoms with Crippen LogP contribution in [0.15, 0.2) is 59.1 Å². The van der Waals surface area contributed by atoms with Gasteiger partial charge in [-0.2, -0.15) is 5.10 Å². The van der Waals surface area contributed by atoms with Crippen molar-refractivity contribution in [2.75, 3.05) is 13.7 Å². The molecule has 0 saturated carbocycles. The Bertz CT molecular complexity index is 1200. The fourth-order valence-electron chi connectivity index (χ4n) is 3.41. The summed E-state index contributed by atoms with van der Waals surface area (Å²) in [7, 11) is 1.63. The largest absolute Gasteiger partial charge is 0.497 e. The minimum Gasteiger partial charge on any atom is -0.497 e. The molecule has 0 bridgehead atoms. The number of nitrogens with zero attached hydrogens (tertiary/aromatic N) is 2. The molecule has 0 atom stereocenters. The Morgan fingerprint density at radius 3 is 2.48 bits per heavy atom. The maximum Gasteiger partial charge on any atom is 0.252 e. The molecule has 2 N–H and O–H groups in total. The zero-order valence-corrected chi connectivity index (χ0v) is 19.0. The average Bonchev–Trinajstić information content (AvgIpc) is 3.23. The zero-order valence-electron chi connectivity index (χ0n) is 17.4. The first-order chi connectivity index (χ1) is 15.1. The predicted octanol–water partition coefficient (Wildman–Crippen LogP) is 5.59. The van der Waals surface area contributed by atoms with E-state index in [4.69, 9.17) is 9.72 Å². The average molecular weight is 479 g/mol. The molecule has 0 saturated heterocycles. The van der Waals surface area contributed by atoms with Crippen LogP contribution >= 0.6 is 15.9 Å². The molecule has 4 aromatic rings. The molecule has 0 aliphatic rings. The Morgan fingerprint density at radius 2 is 1.81 bits per heavy atom. The summed E-state index contributed by atoms with van der Waals surface area (Å²) in [4.78, 5) is 17.9. The van der Waals surface area contributed by atoms with E-state index in [9.17, 15) is 4.79 Å². The van der Waals surface area contributed by atoms with Crippen molar-refractivity contribution in [3.05, 3.63) is 64.6 Å². The summed E-state index contributed by atoms with van der Waals surface area (Å²) in [6.07, 6.45) is 1.94. The van der Waals surface area contributed by atoms with Crippen molar-refractivity contribution >= 4 is 32.9 Å². The Labute approximate surface area is 189 Å². The lowest BCUT2D eigenvalue weighted by Crippen LogP contribution is -2.24. The lowest BCUT2D eigenvalue weighted by Gasteiger charge is -2.10. The van der Waals surface area contributed by atoms with Gasteiger partial charge in [0, 0.05) is 22.1 Å². The number of methoxy groups -OCH3 is 1. The number of halogens is 1. The van der Waals surface area contributed by atoms with Gasteiger partial charge in [0.25, 0.3) is 5.91 Å². The standard InChI is InChI=1S/C24H23BrN4O2/c1-3-4-13-26-24(30)19-14-20(15-7-11-18(31-2)12-8-15)27-23-21(19)22(28-29-23)16-5-9-17(25)10-6-16/h5-12,14H,3-4,13H2,1-2H3,(H,26,30)(H,27,28,29). The first-order valence-corrected chi connectivity index (χ1v) is 11.0. The van der Waals surface area contributed by atoms with Crippen molar-refractivity contribution in [1.29, 1.82) is 0 Å². The number of rotatable bonds is 7. The number of carbonyl (C=O) groups is 1. The number of nitrogens with one attached hydrogen (secondary N) is 2. The number of aromatic amines is 1. The van der Waals surface area contributed by atoms with Crippen LogP contribution in [0.1, 0.15) is 30.1 Å². The second-order valence-corrected chi connectivity index (χ2v) is 8.11. The van der Waals surface area contributed by atoms with Crippen LogP contribution in [-0.2, 0) is 0 Å². The highest BCUT2D eigenvalue weighted by Crippen LogP contribution is 2.32. The molecule has 6 nitrogen and oxygen atoms in total. The number of unbranched alkanes of at least 4 members (excludes halogenated alkanes) is 1. The Kier molecular flexibility index (Phi) is 6.32. The third-order valence-electron chi connectivity index (χ3n) is 5.10.